The highest BCUT2D eigenvalue weighted by Gasteiger charge is 2.18. The molecule has 0 aliphatic heterocycles. The molecule has 0 heterocycles. The Kier molecular flexibility index (Phi) is 8.09. The van der Waals surface area contributed by atoms with Gasteiger partial charge in [-0.05, 0) is 11.6 Å². The molecule has 142 valence electrons. The van der Waals surface area contributed by atoms with Gasteiger partial charge in [-0.3, -0.25) is 14.9 Å². The number of esters is 1. The monoisotopic (exact) mass is 408 g/mol. The van der Waals surface area contributed by atoms with E-state index in [4.69, 9.17) is 16.3 Å². The number of non-ortho nitro benzene ring substituents is 1. The minimum atomic E-state index is -0.891. The maximum atomic E-state index is 12.0. The van der Waals surface area contributed by atoms with Crippen molar-refractivity contribution in [1.82, 2.24) is 5.32 Å². The van der Waals surface area contributed by atoms with Crippen molar-refractivity contribution in [3.63, 3.8) is 0 Å². The molecule has 27 heavy (non-hydrogen) atoms. The van der Waals surface area contributed by atoms with E-state index < -0.39 is 23.4 Å². The Balaban J connectivity index is 1.70. The number of nitrogens with one attached hydrogen (secondary N) is 1. The van der Waals surface area contributed by atoms with Gasteiger partial charge in [-0.2, -0.15) is 11.8 Å². The van der Waals surface area contributed by atoms with E-state index in [1.165, 1.54) is 17.7 Å². The van der Waals surface area contributed by atoms with E-state index in [1.54, 1.807) is 11.8 Å². The van der Waals surface area contributed by atoms with E-state index in [0.29, 0.717) is 12.3 Å². The summed E-state index contributed by atoms with van der Waals surface area (Å²) in [7, 11) is 0. The average Bonchev–Trinajstić information content (AvgIpc) is 2.66. The first-order valence-electron chi connectivity index (χ1n) is 7.97. The van der Waals surface area contributed by atoms with Crippen molar-refractivity contribution in [2.45, 2.75) is 5.75 Å². The third-order valence-corrected chi connectivity index (χ3v) is 4.76. The van der Waals surface area contributed by atoms with E-state index in [0.717, 1.165) is 11.8 Å². The van der Waals surface area contributed by atoms with Crippen molar-refractivity contribution in [3.05, 3.63) is 74.8 Å². The van der Waals surface area contributed by atoms with Gasteiger partial charge < -0.3 is 10.1 Å². The molecule has 1 N–H and O–H groups in total. The molecule has 2 aromatic rings. The zero-order valence-corrected chi connectivity index (χ0v) is 15.8. The van der Waals surface area contributed by atoms with Crippen LogP contribution < -0.4 is 5.32 Å². The predicted molar refractivity (Wildman–Crippen MR) is 104 cm³/mol. The fourth-order valence-electron chi connectivity index (χ4n) is 2.07. The third kappa shape index (κ3) is 6.92. The van der Waals surface area contributed by atoms with Crippen LogP contribution in [-0.4, -0.2) is 35.7 Å². The summed E-state index contributed by atoms with van der Waals surface area (Å²) in [5, 5.41) is 13.4. The van der Waals surface area contributed by atoms with Crippen LogP contribution in [0.2, 0.25) is 5.02 Å². The van der Waals surface area contributed by atoms with Gasteiger partial charge in [0.2, 0.25) is 0 Å². The molecule has 0 bridgehead atoms. The maximum Gasteiger partial charge on any atom is 0.340 e. The molecule has 0 saturated carbocycles. The molecule has 0 spiro atoms. The Morgan fingerprint density at radius 3 is 2.63 bits per heavy atom. The molecular weight excluding hydrogens is 392 g/mol. The Labute approximate surface area is 165 Å². The quantitative estimate of drug-likeness (QED) is 0.295. The van der Waals surface area contributed by atoms with Gasteiger partial charge in [0.15, 0.2) is 6.61 Å². The zero-order valence-electron chi connectivity index (χ0n) is 14.2. The molecule has 0 aromatic heterocycles. The number of benzene rings is 2. The van der Waals surface area contributed by atoms with Gasteiger partial charge in [-0.1, -0.05) is 41.9 Å². The number of ether oxygens (including phenoxy) is 1. The van der Waals surface area contributed by atoms with Gasteiger partial charge in [0.05, 0.1) is 15.5 Å². The van der Waals surface area contributed by atoms with Crippen molar-refractivity contribution in [1.29, 1.82) is 0 Å². The van der Waals surface area contributed by atoms with Crippen LogP contribution in [0.1, 0.15) is 15.9 Å². The largest absolute Gasteiger partial charge is 0.452 e. The summed E-state index contributed by atoms with van der Waals surface area (Å²) in [4.78, 5) is 33.8. The normalized spacial score (nSPS) is 10.3. The second-order valence-electron chi connectivity index (χ2n) is 5.39. The van der Waals surface area contributed by atoms with Gasteiger partial charge in [-0.25, -0.2) is 4.79 Å². The van der Waals surface area contributed by atoms with Gasteiger partial charge in [0.25, 0.3) is 11.6 Å². The van der Waals surface area contributed by atoms with E-state index >= 15 is 0 Å². The van der Waals surface area contributed by atoms with Crippen molar-refractivity contribution < 1.29 is 19.2 Å². The summed E-state index contributed by atoms with van der Waals surface area (Å²) in [6.45, 7) is -0.0490. The molecule has 2 rings (SSSR count). The topological polar surface area (TPSA) is 98.5 Å². The van der Waals surface area contributed by atoms with Gasteiger partial charge >= 0.3 is 5.97 Å². The second-order valence-corrected chi connectivity index (χ2v) is 6.90. The molecule has 2 aromatic carbocycles. The number of halogens is 1. The average molecular weight is 409 g/mol. The minimum Gasteiger partial charge on any atom is -0.452 e. The van der Waals surface area contributed by atoms with E-state index in [-0.39, 0.29) is 16.3 Å². The lowest BCUT2D eigenvalue weighted by atomic mass is 10.2. The summed E-state index contributed by atoms with van der Waals surface area (Å²) >= 11 is 7.53. The van der Waals surface area contributed by atoms with Gasteiger partial charge in [0, 0.05) is 30.2 Å². The molecule has 0 aliphatic rings. The number of thioether (sulfide) groups is 1. The van der Waals surface area contributed by atoms with Crippen molar-refractivity contribution in [3.8, 4) is 0 Å². The van der Waals surface area contributed by atoms with Crippen LogP contribution in [-0.2, 0) is 15.3 Å². The number of amides is 1. The van der Waals surface area contributed by atoms with E-state index in [9.17, 15) is 19.7 Å². The number of hydrogen-bond donors (Lipinski definition) is 1. The minimum absolute atomic E-state index is 0.0170. The first-order chi connectivity index (χ1) is 13.0. The summed E-state index contributed by atoms with van der Waals surface area (Å²) in [6, 6.07) is 13.4. The number of nitro groups is 1. The number of nitrogens with zero attached hydrogens (tertiary/aromatic N) is 1. The van der Waals surface area contributed by atoms with Crippen LogP contribution >= 0.6 is 23.4 Å². The SMILES string of the molecule is O=C(COC(=O)c1cc([N+](=O)[O-])ccc1Cl)NCCSCc1ccccc1. The highest BCUT2D eigenvalue weighted by Crippen LogP contribution is 2.22. The van der Waals surface area contributed by atoms with E-state index in [2.05, 4.69) is 5.32 Å². The Hall–Kier alpha value is -2.58. The number of rotatable bonds is 9. The lowest BCUT2D eigenvalue weighted by molar-refractivity contribution is -0.384. The number of carbonyl (C=O) groups is 2. The lowest BCUT2D eigenvalue weighted by Crippen LogP contribution is -2.30. The van der Waals surface area contributed by atoms with E-state index in [1.807, 2.05) is 30.3 Å². The fraction of sp³-hybridized carbons (Fsp3) is 0.222. The summed E-state index contributed by atoms with van der Waals surface area (Å²) < 4.78 is 4.87. The number of hydrogen-bond acceptors (Lipinski definition) is 6. The van der Waals surface area contributed by atoms with Crippen LogP contribution in [0.3, 0.4) is 0 Å². The van der Waals surface area contributed by atoms with Crippen LogP contribution in [0.5, 0.6) is 0 Å². The summed E-state index contributed by atoms with van der Waals surface area (Å²) in [5.74, 6) is 0.213. The number of nitro benzene ring substituents is 1. The molecule has 0 radical (unpaired) electrons. The molecule has 0 unspecified atom stereocenters. The standard InChI is InChI=1S/C18H17ClN2O5S/c19-16-7-6-14(21(24)25)10-15(16)18(23)26-11-17(22)20-8-9-27-12-13-4-2-1-3-5-13/h1-7,10H,8-9,11-12H2,(H,20,22). The van der Waals surface area contributed by atoms with Gasteiger partial charge in [0.1, 0.15) is 0 Å². The van der Waals surface area contributed by atoms with Crippen molar-refractivity contribution >= 4 is 40.9 Å². The molecular formula is C18H17ClN2O5S. The molecule has 0 fully saturated rings. The fourth-order valence-corrected chi connectivity index (χ4v) is 3.08. The van der Waals surface area contributed by atoms with Crippen LogP contribution in [0.15, 0.2) is 48.5 Å². The Bertz CT molecular complexity index is 817. The Morgan fingerprint density at radius 1 is 1.19 bits per heavy atom. The van der Waals surface area contributed by atoms with Crippen LogP contribution in [0.4, 0.5) is 5.69 Å². The first kappa shape index (κ1) is 20.7. The summed E-state index contributed by atoms with van der Waals surface area (Å²) in [5.41, 5.74) is 0.764. The Morgan fingerprint density at radius 2 is 1.93 bits per heavy atom. The molecule has 0 aliphatic carbocycles. The maximum absolute atomic E-state index is 12.0. The lowest BCUT2D eigenvalue weighted by Gasteiger charge is -2.07. The molecule has 0 saturated heterocycles. The molecule has 9 heteroatoms. The molecule has 7 nitrogen and oxygen atoms in total. The second kappa shape index (κ2) is 10.5. The highest BCUT2D eigenvalue weighted by molar-refractivity contribution is 7.98. The predicted octanol–water partition coefficient (Wildman–Crippen LogP) is 3.45. The zero-order chi connectivity index (χ0) is 19.6. The smallest absolute Gasteiger partial charge is 0.340 e. The summed E-state index contributed by atoms with van der Waals surface area (Å²) in [6.07, 6.45) is 0. The number of carbonyl (C=O) groups excluding carboxylic acids is 2. The van der Waals surface area contributed by atoms with Gasteiger partial charge in [-0.15, -0.1) is 0 Å². The first-order valence-corrected chi connectivity index (χ1v) is 9.50. The van der Waals surface area contributed by atoms with Crippen LogP contribution in [0, 0.1) is 10.1 Å². The molecule has 1 amide bonds. The third-order valence-electron chi connectivity index (χ3n) is 3.40. The highest BCUT2D eigenvalue weighted by atomic mass is 35.5. The van der Waals surface area contributed by atoms with Crippen molar-refractivity contribution in [2.24, 2.45) is 0 Å². The molecule has 0 atom stereocenters. The van der Waals surface area contributed by atoms with Crippen molar-refractivity contribution in [2.75, 3.05) is 18.9 Å². The van der Waals surface area contributed by atoms with Crippen LogP contribution in [0.25, 0.3) is 0 Å².